The molecule has 7 nitrogen and oxygen atoms in total. The van der Waals surface area contributed by atoms with Crippen LogP contribution in [0.25, 0.3) is 11.0 Å². The van der Waals surface area contributed by atoms with Gasteiger partial charge in [0.15, 0.2) is 0 Å². The van der Waals surface area contributed by atoms with Crippen molar-refractivity contribution < 1.29 is 9.59 Å². The maximum Gasteiger partial charge on any atom is 0.252 e. The lowest BCUT2D eigenvalue weighted by Crippen LogP contribution is -2.48. The molecule has 1 aliphatic heterocycles. The van der Waals surface area contributed by atoms with E-state index in [4.69, 9.17) is 4.98 Å². The zero-order valence-electron chi connectivity index (χ0n) is 25.6. The Balaban J connectivity index is 1.43. The van der Waals surface area contributed by atoms with E-state index >= 15 is 0 Å². The van der Waals surface area contributed by atoms with Crippen molar-refractivity contribution in [3.05, 3.63) is 52.0 Å². The highest BCUT2D eigenvalue weighted by Crippen LogP contribution is 2.28. The van der Waals surface area contributed by atoms with Gasteiger partial charge in [-0.15, -0.1) is 11.3 Å². The van der Waals surface area contributed by atoms with Crippen molar-refractivity contribution in [2.75, 3.05) is 26.2 Å². The number of amides is 2. The van der Waals surface area contributed by atoms with Gasteiger partial charge in [0.1, 0.15) is 11.9 Å². The largest absolute Gasteiger partial charge is 0.354 e. The molecular formula is C33H49N5O2S. The maximum absolute atomic E-state index is 13.4. The average Bonchev–Trinajstić information content (AvgIpc) is 3.60. The first-order valence-electron chi connectivity index (χ1n) is 15.6. The molecule has 41 heavy (non-hydrogen) atoms. The highest BCUT2D eigenvalue weighted by molar-refractivity contribution is 7.09. The molecule has 0 bridgehead atoms. The van der Waals surface area contributed by atoms with Crippen molar-refractivity contribution in [1.29, 1.82) is 0 Å². The van der Waals surface area contributed by atoms with E-state index in [0.29, 0.717) is 24.6 Å². The van der Waals surface area contributed by atoms with Crippen LogP contribution in [0, 0.1) is 11.8 Å². The number of imidazole rings is 1. The van der Waals surface area contributed by atoms with Crippen LogP contribution in [0.2, 0.25) is 0 Å². The lowest BCUT2D eigenvalue weighted by molar-refractivity contribution is -0.123. The van der Waals surface area contributed by atoms with Crippen molar-refractivity contribution in [3.8, 4) is 0 Å². The molecule has 1 saturated heterocycles. The van der Waals surface area contributed by atoms with Gasteiger partial charge in [-0.05, 0) is 99.6 Å². The smallest absolute Gasteiger partial charge is 0.252 e. The van der Waals surface area contributed by atoms with Crippen LogP contribution in [0.5, 0.6) is 0 Å². The SMILES string of the molecule is CCC(CC)n1c(Cc2cccs2)nc2cc(C(=O)N[C@@H](CC(C)C)C(=O)NCCCN3CCC(C)CC3)ccc21. The summed E-state index contributed by atoms with van der Waals surface area (Å²) in [6.45, 7) is 14.8. The van der Waals surface area contributed by atoms with Crippen LogP contribution >= 0.6 is 11.3 Å². The average molecular weight is 580 g/mol. The molecule has 0 radical (unpaired) electrons. The number of thiophene rings is 1. The van der Waals surface area contributed by atoms with E-state index in [1.165, 1.54) is 17.7 Å². The first-order valence-corrected chi connectivity index (χ1v) is 16.5. The van der Waals surface area contributed by atoms with Crippen LogP contribution < -0.4 is 10.6 Å². The normalized spacial score (nSPS) is 15.6. The lowest BCUT2D eigenvalue weighted by atomic mass is 9.99. The minimum atomic E-state index is -0.564. The van der Waals surface area contributed by atoms with E-state index in [-0.39, 0.29) is 17.7 Å². The number of benzene rings is 1. The van der Waals surface area contributed by atoms with Crippen molar-refractivity contribution >= 4 is 34.2 Å². The van der Waals surface area contributed by atoms with E-state index in [1.807, 2.05) is 18.2 Å². The van der Waals surface area contributed by atoms with Crippen LogP contribution in [0.3, 0.4) is 0 Å². The van der Waals surface area contributed by atoms with Gasteiger partial charge in [-0.3, -0.25) is 9.59 Å². The van der Waals surface area contributed by atoms with Gasteiger partial charge in [0.05, 0.1) is 11.0 Å². The molecule has 1 fully saturated rings. The Hall–Kier alpha value is -2.71. The summed E-state index contributed by atoms with van der Waals surface area (Å²) in [6.07, 6.45) is 6.85. The molecule has 0 spiro atoms. The van der Waals surface area contributed by atoms with E-state index in [9.17, 15) is 9.59 Å². The lowest BCUT2D eigenvalue weighted by Gasteiger charge is -2.30. The molecule has 2 amide bonds. The second-order valence-corrected chi connectivity index (χ2v) is 13.2. The fourth-order valence-electron chi connectivity index (χ4n) is 5.91. The quantitative estimate of drug-likeness (QED) is 0.216. The summed E-state index contributed by atoms with van der Waals surface area (Å²) < 4.78 is 2.36. The predicted molar refractivity (Wildman–Crippen MR) is 170 cm³/mol. The standard InChI is InChI=1S/C33H49N5O2S/c1-6-26(7-2)38-30-12-11-25(21-28(30)35-31(38)22-27-10-8-19-41-27)32(39)36-29(20-23(3)4)33(40)34-15-9-16-37-17-13-24(5)14-18-37/h8,10-12,19,21,23-24,26,29H,6-7,9,13-18,20,22H2,1-5H3,(H,34,40)(H,36,39)/t29-/m0/s1. The van der Waals surface area contributed by atoms with Crippen LogP contribution in [0.15, 0.2) is 35.7 Å². The molecule has 0 saturated carbocycles. The summed E-state index contributed by atoms with van der Waals surface area (Å²) in [5.41, 5.74) is 2.42. The second kappa shape index (κ2) is 15.0. The molecule has 1 aromatic carbocycles. The van der Waals surface area contributed by atoms with Gasteiger partial charge in [0, 0.05) is 29.4 Å². The van der Waals surface area contributed by atoms with Gasteiger partial charge in [-0.25, -0.2) is 4.98 Å². The molecule has 2 N–H and O–H groups in total. The topological polar surface area (TPSA) is 79.3 Å². The number of fused-ring (bicyclic) bond motifs is 1. The fourth-order valence-corrected chi connectivity index (χ4v) is 6.61. The molecule has 1 aliphatic rings. The third-order valence-corrected chi connectivity index (χ3v) is 9.28. The molecule has 3 aromatic rings. The Bertz CT molecular complexity index is 1260. The van der Waals surface area contributed by atoms with Crippen LogP contribution in [-0.2, 0) is 11.2 Å². The maximum atomic E-state index is 13.4. The Kier molecular flexibility index (Phi) is 11.4. The van der Waals surface area contributed by atoms with Gasteiger partial charge >= 0.3 is 0 Å². The van der Waals surface area contributed by atoms with Gasteiger partial charge in [-0.2, -0.15) is 0 Å². The van der Waals surface area contributed by atoms with Crippen LogP contribution in [-0.4, -0.2) is 58.5 Å². The molecule has 224 valence electrons. The van der Waals surface area contributed by atoms with Gasteiger partial charge in [0.25, 0.3) is 5.91 Å². The molecule has 1 atom stereocenters. The molecule has 4 rings (SSSR count). The van der Waals surface area contributed by atoms with E-state index in [1.54, 1.807) is 11.3 Å². The number of carbonyl (C=O) groups excluding carboxylic acids is 2. The second-order valence-electron chi connectivity index (χ2n) is 12.2. The summed E-state index contributed by atoms with van der Waals surface area (Å²) in [4.78, 5) is 35.3. The highest BCUT2D eigenvalue weighted by atomic mass is 32.1. The first kappa shape index (κ1) is 31.2. The predicted octanol–water partition coefficient (Wildman–Crippen LogP) is 6.43. The summed E-state index contributed by atoms with van der Waals surface area (Å²) in [7, 11) is 0. The van der Waals surface area contributed by atoms with Crippen molar-refractivity contribution in [2.45, 2.75) is 91.6 Å². The molecule has 0 aliphatic carbocycles. The Morgan fingerprint density at radius 2 is 1.88 bits per heavy atom. The minimum absolute atomic E-state index is 0.100. The number of rotatable bonds is 14. The molecule has 3 heterocycles. The highest BCUT2D eigenvalue weighted by Gasteiger charge is 2.24. The number of hydrogen-bond donors (Lipinski definition) is 2. The van der Waals surface area contributed by atoms with Crippen LogP contribution in [0.4, 0.5) is 0 Å². The number of nitrogens with zero attached hydrogens (tertiary/aromatic N) is 3. The van der Waals surface area contributed by atoms with Gasteiger partial charge in [-0.1, -0.05) is 40.7 Å². The molecule has 0 unspecified atom stereocenters. The van der Waals surface area contributed by atoms with Crippen molar-refractivity contribution in [2.24, 2.45) is 11.8 Å². The molecule has 2 aromatic heterocycles. The van der Waals surface area contributed by atoms with E-state index < -0.39 is 6.04 Å². The Labute approximate surface area is 250 Å². The van der Waals surface area contributed by atoms with Gasteiger partial charge in [0.2, 0.25) is 5.91 Å². The van der Waals surface area contributed by atoms with E-state index in [0.717, 1.165) is 68.1 Å². The monoisotopic (exact) mass is 579 g/mol. The van der Waals surface area contributed by atoms with Crippen molar-refractivity contribution in [1.82, 2.24) is 25.1 Å². The minimum Gasteiger partial charge on any atom is -0.354 e. The van der Waals surface area contributed by atoms with E-state index in [2.05, 4.69) is 72.2 Å². The number of likely N-dealkylation sites (tertiary alicyclic amines) is 1. The zero-order chi connectivity index (χ0) is 29.4. The summed E-state index contributed by atoms with van der Waals surface area (Å²) in [5, 5.41) is 8.22. The number of carbonyl (C=O) groups is 2. The molecular weight excluding hydrogens is 530 g/mol. The summed E-state index contributed by atoms with van der Waals surface area (Å²) in [6, 6.07) is 9.78. The fraction of sp³-hybridized carbons (Fsp3) is 0.606. The number of nitrogens with one attached hydrogen (secondary N) is 2. The Morgan fingerprint density at radius 1 is 1.12 bits per heavy atom. The Morgan fingerprint density at radius 3 is 2.54 bits per heavy atom. The number of aromatic nitrogens is 2. The third-order valence-electron chi connectivity index (χ3n) is 8.40. The first-order chi connectivity index (χ1) is 19.8. The molecule has 8 heteroatoms. The third kappa shape index (κ3) is 8.41. The number of hydrogen-bond acceptors (Lipinski definition) is 5. The summed E-state index contributed by atoms with van der Waals surface area (Å²) in [5.74, 6) is 1.80. The van der Waals surface area contributed by atoms with Crippen molar-refractivity contribution in [3.63, 3.8) is 0 Å². The summed E-state index contributed by atoms with van der Waals surface area (Å²) >= 11 is 1.74. The zero-order valence-corrected chi connectivity index (χ0v) is 26.4. The van der Waals surface area contributed by atoms with Crippen LogP contribution in [0.1, 0.15) is 100 Å². The number of piperidine rings is 1. The van der Waals surface area contributed by atoms with Gasteiger partial charge < -0.3 is 20.1 Å².